The van der Waals surface area contributed by atoms with Crippen LogP contribution in [0.15, 0.2) is 72.8 Å². The summed E-state index contributed by atoms with van der Waals surface area (Å²) in [5, 5.41) is 11.3. The van der Waals surface area contributed by atoms with E-state index >= 15 is 0 Å². The second-order valence-corrected chi connectivity index (χ2v) is 5.11. The van der Waals surface area contributed by atoms with Gasteiger partial charge in [-0.3, -0.25) is 0 Å². The molecule has 1 aliphatic rings. The van der Waals surface area contributed by atoms with Gasteiger partial charge in [0.2, 0.25) is 0 Å². The zero-order valence-corrected chi connectivity index (χ0v) is 11.5. The first-order valence-corrected chi connectivity index (χ1v) is 7.11. The standard InChI is InChI=1S/C19H14N2/c1-2-8-14(9-3-1)18-16-12-6-7-13-17(16)19(21-20-18)15-10-4-5-11-15/h1-4,6-13H,5H2. The maximum absolute atomic E-state index is 4.50. The molecule has 0 bridgehead atoms. The molecule has 1 aliphatic carbocycles. The molecule has 2 aromatic carbocycles. The Bertz CT molecular complexity index is 861. The van der Waals surface area contributed by atoms with E-state index in [0.29, 0.717) is 0 Å². The Labute approximate surface area is 123 Å². The van der Waals surface area contributed by atoms with E-state index in [2.05, 4.69) is 64.8 Å². The van der Waals surface area contributed by atoms with Gasteiger partial charge < -0.3 is 0 Å². The van der Waals surface area contributed by atoms with Crippen LogP contribution in [0.5, 0.6) is 0 Å². The van der Waals surface area contributed by atoms with E-state index < -0.39 is 0 Å². The quantitative estimate of drug-likeness (QED) is 0.678. The molecule has 0 saturated carbocycles. The number of benzene rings is 2. The lowest BCUT2D eigenvalue weighted by atomic mass is 10.0. The lowest BCUT2D eigenvalue weighted by Crippen LogP contribution is -1.96. The SMILES string of the molecule is C1=CC(c2nnc(-c3ccccc3)c3ccccc23)=CC1. The Morgan fingerprint density at radius 1 is 0.714 bits per heavy atom. The van der Waals surface area contributed by atoms with E-state index in [-0.39, 0.29) is 0 Å². The van der Waals surface area contributed by atoms with Gasteiger partial charge in [-0.05, 0) is 12.0 Å². The van der Waals surface area contributed by atoms with Gasteiger partial charge in [0.25, 0.3) is 0 Å². The average molecular weight is 270 g/mol. The van der Waals surface area contributed by atoms with Crippen molar-refractivity contribution in [2.24, 2.45) is 0 Å². The Hall–Kier alpha value is -2.74. The van der Waals surface area contributed by atoms with Crippen LogP contribution in [0.25, 0.3) is 27.6 Å². The van der Waals surface area contributed by atoms with Crippen molar-refractivity contribution >= 4 is 16.3 Å². The summed E-state index contributed by atoms with van der Waals surface area (Å²) in [4.78, 5) is 0. The maximum Gasteiger partial charge on any atom is 0.101 e. The lowest BCUT2D eigenvalue weighted by Gasteiger charge is -2.09. The molecule has 0 saturated heterocycles. The van der Waals surface area contributed by atoms with Crippen LogP contribution in [0.3, 0.4) is 0 Å². The molecule has 0 radical (unpaired) electrons. The third-order valence-electron chi connectivity index (χ3n) is 3.78. The predicted molar refractivity (Wildman–Crippen MR) is 86.7 cm³/mol. The smallest absolute Gasteiger partial charge is 0.101 e. The van der Waals surface area contributed by atoms with E-state index in [9.17, 15) is 0 Å². The first kappa shape index (κ1) is 12.0. The van der Waals surface area contributed by atoms with Crippen molar-refractivity contribution in [1.82, 2.24) is 10.2 Å². The summed E-state index contributed by atoms with van der Waals surface area (Å²) in [5.74, 6) is 0. The molecular formula is C19H14N2. The van der Waals surface area contributed by atoms with Crippen LogP contribution < -0.4 is 0 Å². The number of aromatic nitrogens is 2. The summed E-state index contributed by atoms with van der Waals surface area (Å²) in [6.45, 7) is 0. The van der Waals surface area contributed by atoms with Gasteiger partial charge in [-0.15, -0.1) is 10.2 Å². The maximum atomic E-state index is 4.50. The molecule has 100 valence electrons. The summed E-state index contributed by atoms with van der Waals surface area (Å²) >= 11 is 0. The molecule has 2 nitrogen and oxygen atoms in total. The van der Waals surface area contributed by atoms with Gasteiger partial charge in [-0.1, -0.05) is 72.8 Å². The monoisotopic (exact) mass is 270 g/mol. The fraction of sp³-hybridized carbons (Fsp3) is 0.0526. The average Bonchev–Trinajstić information content (AvgIpc) is 3.09. The fourth-order valence-electron chi connectivity index (χ4n) is 2.76. The Morgan fingerprint density at radius 3 is 2.10 bits per heavy atom. The van der Waals surface area contributed by atoms with E-state index in [4.69, 9.17) is 0 Å². The van der Waals surface area contributed by atoms with E-state index in [0.717, 1.165) is 34.1 Å². The first-order chi connectivity index (χ1) is 10.4. The number of fused-ring (bicyclic) bond motifs is 1. The second-order valence-electron chi connectivity index (χ2n) is 5.11. The molecule has 0 amide bonds. The Kier molecular flexibility index (Phi) is 2.86. The van der Waals surface area contributed by atoms with Gasteiger partial charge in [-0.25, -0.2) is 0 Å². The van der Waals surface area contributed by atoms with Crippen LogP contribution in [0.2, 0.25) is 0 Å². The van der Waals surface area contributed by atoms with Crippen LogP contribution >= 0.6 is 0 Å². The van der Waals surface area contributed by atoms with Crippen LogP contribution in [-0.2, 0) is 0 Å². The molecule has 0 fully saturated rings. The van der Waals surface area contributed by atoms with Gasteiger partial charge in [0.1, 0.15) is 11.4 Å². The van der Waals surface area contributed by atoms with E-state index in [1.165, 1.54) is 5.57 Å². The largest absolute Gasteiger partial charge is 0.149 e. The summed E-state index contributed by atoms with van der Waals surface area (Å²) in [6.07, 6.45) is 7.44. The molecular weight excluding hydrogens is 256 g/mol. The molecule has 4 rings (SSSR count). The number of hydrogen-bond donors (Lipinski definition) is 0. The van der Waals surface area contributed by atoms with Crippen molar-refractivity contribution in [3.63, 3.8) is 0 Å². The summed E-state index contributed by atoms with van der Waals surface area (Å²) in [7, 11) is 0. The third kappa shape index (κ3) is 2.05. The van der Waals surface area contributed by atoms with Gasteiger partial charge in [0, 0.05) is 16.3 Å². The van der Waals surface area contributed by atoms with Gasteiger partial charge in [0.15, 0.2) is 0 Å². The van der Waals surface area contributed by atoms with Gasteiger partial charge in [0.05, 0.1) is 0 Å². The van der Waals surface area contributed by atoms with Crippen LogP contribution in [0.1, 0.15) is 12.1 Å². The lowest BCUT2D eigenvalue weighted by molar-refractivity contribution is 1.04. The third-order valence-corrected chi connectivity index (χ3v) is 3.78. The van der Waals surface area contributed by atoms with Crippen molar-refractivity contribution in [3.05, 3.63) is 78.5 Å². The van der Waals surface area contributed by atoms with E-state index in [1.54, 1.807) is 0 Å². The molecule has 21 heavy (non-hydrogen) atoms. The Balaban J connectivity index is 2.00. The topological polar surface area (TPSA) is 25.8 Å². The molecule has 2 heteroatoms. The highest BCUT2D eigenvalue weighted by Crippen LogP contribution is 2.31. The molecule has 0 atom stereocenters. The number of hydrogen-bond acceptors (Lipinski definition) is 2. The van der Waals surface area contributed by atoms with Gasteiger partial charge >= 0.3 is 0 Å². The highest BCUT2D eigenvalue weighted by molar-refractivity contribution is 6.01. The second kappa shape index (κ2) is 4.98. The molecule has 0 aliphatic heterocycles. The molecule has 1 aromatic heterocycles. The first-order valence-electron chi connectivity index (χ1n) is 7.11. The van der Waals surface area contributed by atoms with Crippen LogP contribution in [0.4, 0.5) is 0 Å². The fourth-order valence-corrected chi connectivity index (χ4v) is 2.76. The van der Waals surface area contributed by atoms with Crippen molar-refractivity contribution in [2.45, 2.75) is 6.42 Å². The summed E-state index contributed by atoms with van der Waals surface area (Å²) in [6, 6.07) is 18.6. The van der Waals surface area contributed by atoms with E-state index in [1.807, 2.05) is 18.2 Å². The predicted octanol–water partition coefficient (Wildman–Crippen LogP) is 4.64. The number of rotatable bonds is 2. The summed E-state index contributed by atoms with van der Waals surface area (Å²) < 4.78 is 0. The minimum atomic E-state index is 0.942. The Morgan fingerprint density at radius 2 is 1.38 bits per heavy atom. The molecule has 3 aromatic rings. The van der Waals surface area contributed by atoms with Crippen LogP contribution in [-0.4, -0.2) is 10.2 Å². The normalized spacial score (nSPS) is 13.6. The minimum absolute atomic E-state index is 0.942. The highest BCUT2D eigenvalue weighted by Gasteiger charge is 2.13. The highest BCUT2D eigenvalue weighted by atomic mass is 15.1. The minimum Gasteiger partial charge on any atom is -0.149 e. The van der Waals surface area contributed by atoms with Crippen molar-refractivity contribution in [1.29, 1.82) is 0 Å². The number of allylic oxidation sites excluding steroid dienone is 4. The molecule has 0 N–H and O–H groups in total. The summed E-state index contributed by atoms with van der Waals surface area (Å²) in [5.41, 5.74) is 4.18. The van der Waals surface area contributed by atoms with Crippen molar-refractivity contribution in [2.75, 3.05) is 0 Å². The zero-order chi connectivity index (χ0) is 14.1. The van der Waals surface area contributed by atoms with Crippen LogP contribution in [0, 0.1) is 0 Å². The number of nitrogens with zero attached hydrogens (tertiary/aromatic N) is 2. The molecule has 0 spiro atoms. The van der Waals surface area contributed by atoms with Crippen molar-refractivity contribution < 1.29 is 0 Å². The van der Waals surface area contributed by atoms with Crippen molar-refractivity contribution in [3.8, 4) is 11.3 Å². The van der Waals surface area contributed by atoms with Gasteiger partial charge in [-0.2, -0.15) is 0 Å². The molecule has 1 heterocycles. The zero-order valence-electron chi connectivity index (χ0n) is 11.5. The molecule has 0 unspecified atom stereocenters.